The molecule has 17 heavy (non-hydrogen) atoms. The number of nitrogens with two attached hydrogens (primary N) is 2. The predicted octanol–water partition coefficient (Wildman–Crippen LogP) is 0.610. The number of nitrogen functional groups attached to an aromatic ring is 1. The van der Waals surface area contributed by atoms with Crippen LogP contribution in [0.15, 0.2) is 18.2 Å². The molecule has 5 N–H and O–H groups in total. The molecule has 6 heteroatoms. The molecule has 1 amide bonds. The van der Waals surface area contributed by atoms with E-state index in [-0.39, 0.29) is 11.3 Å². The summed E-state index contributed by atoms with van der Waals surface area (Å²) in [5, 5.41) is 8.78. The maximum absolute atomic E-state index is 11.0. The van der Waals surface area contributed by atoms with Crippen LogP contribution in [0.2, 0.25) is 0 Å². The highest BCUT2D eigenvalue weighted by molar-refractivity contribution is 5.93. The van der Waals surface area contributed by atoms with Crippen LogP contribution in [0.5, 0.6) is 5.75 Å². The zero-order valence-corrected chi connectivity index (χ0v) is 9.34. The van der Waals surface area contributed by atoms with Gasteiger partial charge in [-0.2, -0.15) is 0 Å². The molecule has 1 atom stereocenters. The number of carbonyl (C=O) groups is 2. The smallest absolute Gasteiger partial charge is 0.337 e. The SMILES string of the molecule is CCC(Oc1ccc(C(=O)O)c(N)c1)C(N)=O. The third-order valence-corrected chi connectivity index (χ3v) is 2.22. The number of amides is 1. The Hall–Kier alpha value is -2.24. The molecule has 0 bridgehead atoms. The van der Waals surface area contributed by atoms with Gasteiger partial charge < -0.3 is 21.3 Å². The predicted molar refractivity (Wildman–Crippen MR) is 61.7 cm³/mol. The molecule has 0 fully saturated rings. The van der Waals surface area contributed by atoms with Crippen LogP contribution < -0.4 is 16.2 Å². The van der Waals surface area contributed by atoms with Crippen LogP contribution >= 0.6 is 0 Å². The molecule has 1 aromatic rings. The Kier molecular flexibility index (Phi) is 3.92. The lowest BCUT2D eigenvalue weighted by molar-refractivity contribution is -0.124. The lowest BCUT2D eigenvalue weighted by Crippen LogP contribution is -2.33. The number of carbonyl (C=O) groups excluding carboxylic acids is 1. The summed E-state index contributed by atoms with van der Waals surface area (Å²) < 4.78 is 5.29. The zero-order valence-electron chi connectivity index (χ0n) is 9.34. The van der Waals surface area contributed by atoms with Crippen molar-refractivity contribution < 1.29 is 19.4 Å². The highest BCUT2D eigenvalue weighted by atomic mass is 16.5. The average molecular weight is 238 g/mol. The van der Waals surface area contributed by atoms with Gasteiger partial charge in [0, 0.05) is 11.8 Å². The van der Waals surface area contributed by atoms with E-state index in [1.165, 1.54) is 18.2 Å². The molecule has 0 saturated carbocycles. The molecule has 92 valence electrons. The summed E-state index contributed by atoms with van der Waals surface area (Å²) in [5.74, 6) is -1.37. The standard InChI is InChI=1S/C11H14N2O4/c1-2-9(10(13)14)17-6-3-4-7(11(15)16)8(12)5-6/h3-5,9H,2,12H2,1H3,(H2,13,14)(H,15,16). The quantitative estimate of drug-likeness (QED) is 0.650. The molecule has 0 heterocycles. The second kappa shape index (κ2) is 5.20. The Morgan fingerprint density at radius 3 is 2.53 bits per heavy atom. The largest absolute Gasteiger partial charge is 0.481 e. The molecule has 6 nitrogen and oxygen atoms in total. The molecular formula is C11H14N2O4. The van der Waals surface area contributed by atoms with Crippen LogP contribution in [0.3, 0.4) is 0 Å². The normalized spacial score (nSPS) is 11.8. The van der Waals surface area contributed by atoms with Crippen LogP contribution in [0.1, 0.15) is 23.7 Å². The number of benzene rings is 1. The highest BCUT2D eigenvalue weighted by Crippen LogP contribution is 2.21. The van der Waals surface area contributed by atoms with E-state index in [0.717, 1.165) is 0 Å². The van der Waals surface area contributed by atoms with Crippen molar-refractivity contribution in [1.82, 2.24) is 0 Å². The van der Waals surface area contributed by atoms with Gasteiger partial charge in [-0.1, -0.05) is 6.92 Å². The van der Waals surface area contributed by atoms with Crippen molar-refractivity contribution in [2.75, 3.05) is 5.73 Å². The Bertz CT molecular complexity index is 445. The van der Waals surface area contributed by atoms with Crippen molar-refractivity contribution in [2.45, 2.75) is 19.4 Å². The number of anilines is 1. The number of rotatable bonds is 5. The van der Waals surface area contributed by atoms with Crippen molar-refractivity contribution in [3.05, 3.63) is 23.8 Å². The van der Waals surface area contributed by atoms with E-state index in [9.17, 15) is 9.59 Å². The summed E-state index contributed by atoms with van der Waals surface area (Å²) in [5.41, 5.74) is 10.7. The molecule has 0 spiro atoms. The topological polar surface area (TPSA) is 116 Å². The van der Waals surface area contributed by atoms with E-state index in [1.807, 2.05) is 0 Å². The summed E-state index contributed by atoms with van der Waals surface area (Å²) in [7, 11) is 0. The number of carboxylic acids is 1. The first-order valence-corrected chi connectivity index (χ1v) is 5.04. The van der Waals surface area contributed by atoms with E-state index in [0.29, 0.717) is 12.2 Å². The second-order valence-corrected chi connectivity index (χ2v) is 3.47. The lowest BCUT2D eigenvalue weighted by Gasteiger charge is -2.14. The fourth-order valence-corrected chi connectivity index (χ4v) is 1.32. The Morgan fingerprint density at radius 2 is 2.12 bits per heavy atom. The number of hydrogen-bond acceptors (Lipinski definition) is 4. The molecule has 0 aromatic heterocycles. The molecule has 0 saturated heterocycles. The maximum atomic E-state index is 11.0. The van der Waals surface area contributed by atoms with E-state index < -0.39 is 18.0 Å². The highest BCUT2D eigenvalue weighted by Gasteiger charge is 2.16. The summed E-state index contributed by atoms with van der Waals surface area (Å²) in [6.45, 7) is 1.75. The number of primary amides is 1. The van der Waals surface area contributed by atoms with Gasteiger partial charge in [-0.25, -0.2) is 4.79 Å². The molecule has 0 aliphatic carbocycles. The summed E-state index contributed by atoms with van der Waals surface area (Å²) in [4.78, 5) is 21.7. The van der Waals surface area contributed by atoms with Crippen LogP contribution in [0.25, 0.3) is 0 Å². The third-order valence-electron chi connectivity index (χ3n) is 2.22. The van der Waals surface area contributed by atoms with Gasteiger partial charge in [0.2, 0.25) is 0 Å². The van der Waals surface area contributed by atoms with Gasteiger partial charge >= 0.3 is 5.97 Å². The van der Waals surface area contributed by atoms with Gasteiger partial charge in [-0.15, -0.1) is 0 Å². The number of hydrogen-bond donors (Lipinski definition) is 3. The van der Waals surface area contributed by atoms with Crippen LogP contribution in [0, 0.1) is 0 Å². The van der Waals surface area contributed by atoms with Gasteiger partial charge in [-0.3, -0.25) is 4.79 Å². The van der Waals surface area contributed by atoms with Gasteiger partial charge in [-0.05, 0) is 18.6 Å². The fourth-order valence-electron chi connectivity index (χ4n) is 1.32. The molecule has 1 aromatic carbocycles. The molecule has 0 radical (unpaired) electrons. The summed E-state index contributed by atoms with van der Waals surface area (Å²) in [6, 6.07) is 4.11. The summed E-state index contributed by atoms with van der Waals surface area (Å²) in [6.07, 6.45) is -0.319. The number of carboxylic acid groups (broad SMARTS) is 1. The van der Waals surface area contributed by atoms with E-state index >= 15 is 0 Å². The van der Waals surface area contributed by atoms with E-state index in [2.05, 4.69) is 0 Å². The number of aromatic carboxylic acids is 1. The first-order valence-electron chi connectivity index (χ1n) is 5.04. The van der Waals surface area contributed by atoms with Crippen LogP contribution in [0.4, 0.5) is 5.69 Å². The molecule has 1 rings (SSSR count). The maximum Gasteiger partial charge on any atom is 0.337 e. The van der Waals surface area contributed by atoms with Crippen molar-refractivity contribution in [3.8, 4) is 5.75 Å². The first kappa shape index (κ1) is 12.8. The Labute approximate surface area is 98.2 Å². The van der Waals surface area contributed by atoms with Crippen LogP contribution in [-0.2, 0) is 4.79 Å². The van der Waals surface area contributed by atoms with Crippen molar-refractivity contribution in [2.24, 2.45) is 5.73 Å². The minimum atomic E-state index is -1.11. The minimum absolute atomic E-state index is 0.00975. The van der Waals surface area contributed by atoms with Gasteiger partial charge in [0.25, 0.3) is 5.91 Å². The second-order valence-electron chi connectivity index (χ2n) is 3.47. The van der Waals surface area contributed by atoms with Crippen molar-refractivity contribution in [1.29, 1.82) is 0 Å². The first-order chi connectivity index (χ1) is 7.95. The average Bonchev–Trinajstić information content (AvgIpc) is 2.24. The van der Waals surface area contributed by atoms with Gasteiger partial charge in [0.15, 0.2) is 6.10 Å². The molecule has 0 aliphatic heterocycles. The van der Waals surface area contributed by atoms with Crippen LogP contribution in [-0.4, -0.2) is 23.1 Å². The fraction of sp³-hybridized carbons (Fsp3) is 0.273. The lowest BCUT2D eigenvalue weighted by atomic mass is 10.1. The van der Waals surface area contributed by atoms with Crippen molar-refractivity contribution >= 4 is 17.6 Å². The number of ether oxygens (including phenoxy) is 1. The monoisotopic (exact) mass is 238 g/mol. The Balaban J connectivity index is 2.90. The third kappa shape index (κ3) is 3.10. The van der Waals surface area contributed by atoms with Gasteiger partial charge in [0.1, 0.15) is 5.75 Å². The van der Waals surface area contributed by atoms with E-state index in [1.54, 1.807) is 6.92 Å². The minimum Gasteiger partial charge on any atom is -0.481 e. The summed E-state index contributed by atoms with van der Waals surface area (Å²) >= 11 is 0. The Morgan fingerprint density at radius 1 is 1.47 bits per heavy atom. The molecule has 0 aliphatic rings. The zero-order chi connectivity index (χ0) is 13.0. The van der Waals surface area contributed by atoms with Crippen molar-refractivity contribution in [3.63, 3.8) is 0 Å². The van der Waals surface area contributed by atoms with E-state index in [4.69, 9.17) is 21.3 Å². The van der Waals surface area contributed by atoms with Gasteiger partial charge in [0.05, 0.1) is 5.56 Å². The molecular weight excluding hydrogens is 224 g/mol. The molecule has 1 unspecified atom stereocenters.